The zero-order valence-corrected chi connectivity index (χ0v) is 7.64. The topological polar surface area (TPSA) is 17.1 Å². The lowest BCUT2D eigenvalue weighted by atomic mass is 10.1. The van der Waals surface area contributed by atoms with Crippen molar-refractivity contribution in [3.8, 4) is 0 Å². The monoisotopic (exact) mass is 180 g/mol. The summed E-state index contributed by atoms with van der Waals surface area (Å²) in [5, 5.41) is 0. The van der Waals surface area contributed by atoms with Crippen LogP contribution in [-0.2, 0) is 4.79 Å². The molecular weight excluding hydrogens is 162 g/mol. The first-order chi connectivity index (χ1) is 5.27. The van der Waals surface area contributed by atoms with Gasteiger partial charge in [-0.15, -0.1) is 0 Å². The zero-order chi connectivity index (χ0) is 8.53. The molecule has 0 spiro atoms. The Morgan fingerprint density at radius 1 is 1.08 bits per heavy atom. The number of hydrogen-bond acceptors (Lipinski definition) is 1. The fraction of sp³-hybridized carbons (Fsp3) is 0.889. The van der Waals surface area contributed by atoms with Crippen molar-refractivity contribution in [2.24, 2.45) is 0 Å². The van der Waals surface area contributed by atoms with Crippen LogP contribution < -0.4 is 0 Å². The highest BCUT2D eigenvalue weighted by Crippen LogP contribution is 2.06. The Morgan fingerprint density at radius 2 is 1.58 bits per heavy atom. The third-order valence-electron chi connectivity index (χ3n) is 1.73. The Morgan fingerprint density at radius 3 is 2.08 bits per heavy atom. The summed E-state index contributed by atoms with van der Waals surface area (Å²) in [5.41, 5.74) is 0. The molecule has 1 nitrogen and oxygen atoms in total. The summed E-state index contributed by atoms with van der Waals surface area (Å²) in [6, 6.07) is -1.17. The van der Waals surface area contributed by atoms with E-state index in [-0.39, 0.29) is 11.1 Å². The molecule has 0 bridgehead atoms. The van der Waals surface area contributed by atoms with Crippen molar-refractivity contribution in [2.45, 2.75) is 51.9 Å². The van der Waals surface area contributed by atoms with Gasteiger partial charge in [-0.3, -0.25) is 9.50 Å². The number of hydrogen-bond donors (Lipinski definition) is 0. The summed E-state index contributed by atoms with van der Waals surface area (Å²) in [6.07, 6.45) is 6.67. The Labute approximate surface area is 72.7 Å². The molecule has 0 rings (SSSR count). The van der Waals surface area contributed by atoms with Crippen LogP contribution in [0.1, 0.15) is 51.9 Å². The molecule has 74 valence electrons. The smallest absolute Gasteiger partial charge is 0.269 e. The Kier molecular flexibility index (Phi) is 12.4. The summed E-state index contributed by atoms with van der Waals surface area (Å²) < 4.78 is 11.6. The Bertz CT molecular complexity index is 105. The highest BCUT2D eigenvalue weighted by molar-refractivity contribution is 5.67. The van der Waals surface area contributed by atoms with Gasteiger partial charge in [0.2, 0.25) is 0 Å². The number of carbonyl (C=O) groups is 1. The maximum absolute atomic E-state index is 11.6. The van der Waals surface area contributed by atoms with Gasteiger partial charge < -0.3 is 0 Å². The van der Waals surface area contributed by atoms with Gasteiger partial charge >= 0.3 is 6.04 Å². The summed E-state index contributed by atoms with van der Waals surface area (Å²) in [6.45, 7) is 2.16. The number of unbranched alkanes of at least 4 members (excludes halogenated alkanes) is 5. The van der Waals surface area contributed by atoms with Crippen molar-refractivity contribution < 1.29 is 13.9 Å². The quantitative estimate of drug-likeness (QED) is 0.433. The average Bonchev–Trinajstić information content (AvgIpc) is 1.96. The van der Waals surface area contributed by atoms with Crippen LogP contribution >= 0.6 is 0 Å². The van der Waals surface area contributed by atoms with Crippen LogP contribution in [0.5, 0.6) is 0 Å². The van der Waals surface area contributed by atoms with Gasteiger partial charge in [-0.05, 0) is 6.42 Å². The molecule has 0 aliphatic carbocycles. The van der Waals surface area contributed by atoms with Gasteiger partial charge in [-0.25, -0.2) is 0 Å². The predicted molar refractivity (Wildman–Crippen MR) is 46.6 cm³/mol. The first-order valence-electron chi connectivity index (χ1n) is 4.45. The van der Waals surface area contributed by atoms with Crippen LogP contribution in [0.2, 0.25) is 0 Å². The van der Waals surface area contributed by atoms with Gasteiger partial charge in [-0.2, -0.15) is 4.39 Å². The molecule has 0 N–H and O–H groups in total. The lowest BCUT2D eigenvalue weighted by Gasteiger charge is -1.96. The van der Waals surface area contributed by atoms with Crippen LogP contribution in [0.25, 0.3) is 0 Å². The number of carbonyl (C=O) groups excluding carboxylic acids is 1. The second kappa shape index (κ2) is 10.5. The highest BCUT2D eigenvalue weighted by Gasteiger charge is 1.96. The van der Waals surface area contributed by atoms with Crippen molar-refractivity contribution in [3.63, 3.8) is 0 Å². The predicted octanol–water partition coefficient (Wildman–Crippen LogP) is 3.39. The van der Waals surface area contributed by atoms with Crippen LogP contribution in [0.15, 0.2) is 0 Å². The molecule has 12 heavy (non-hydrogen) atoms. The molecule has 3 heteroatoms. The van der Waals surface area contributed by atoms with Gasteiger partial charge in [0.1, 0.15) is 0 Å². The fourth-order valence-electron chi connectivity index (χ4n) is 1.04. The molecule has 0 atom stereocenters. The summed E-state index contributed by atoms with van der Waals surface area (Å²) in [5.74, 6) is 0. The SMILES string of the molecule is CCCCCCCCC(=O)F.F. The van der Waals surface area contributed by atoms with E-state index in [1.807, 2.05) is 0 Å². The number of rotatable bonds is 7. The van der Waals surface area contributed by atoms with Gasteiger partial charge in [0.25, 0.3) is 0 Å². The van der Waals surface area contributed by atoms with Crippen LogP contribution in [0.4, 0.5) is 9.09 Å². The van der Waals surface area contributed by atoms with E-state index >= 15 is 0 Å². The molecule has 0 aromatic rings. The molecule has 0 saturated heterocycles. The summed E-state index contributed by atoms with van der Waals surface area (Å²) in [7, 11) is 0. The van der Waals surface area contributed by atoms with Gasteiger partial charge in [0, 0.05) is 6.42 Å². The molecule has 0 saturated carbocycles. The lowest BCUT2D eigenvalue weighted by molar-refractivity contribution is -0.129. The van der Waals surface area contributed by atoms with E-state index in [9.17, 15) is 9.18 Å². The molecule has 0 fully saturated rings. The molecule has 0 radical (unpaired) electrons. The van der Waals surface area contributed by atoms with E-state index < -0.39 is 6.04 Å². The second-order valence-corrected chi connectivity index (χ2v) is 2.87. The van der Waals surface area contributed by atoms with Gasteiger partial charge in [0.15, 0.2) is 0 Å². The van der Waals surface area contributed by atoms with Crippen LogP contribution in [-0.4, -0.2) is 6.04 Å². The van der Waals surface area contributed by atoms with E-state index in [1.54, 1.807) is 0 Å². The Hall–Kier alpha value is -0.470. The third-order valence-corrected chi connectivity index (χ3v) is 1.73. The van der Waals surface area contributed by atoms with Crippen molar-refractivity contribution in [1.29, 1.82) is 0 Å². The summed E-state index contributed by atoms with van der Waals surface area (Å²) in [4.78, 5) is 9.87. The molecule has 0 heterocycles. The molecule has 0 aromatic carbocycles. The minimum Gasteiger partial charge on any atom is -0.269 e. The van der Waals surface area contributed by atoms with E-state index in [0.717, 1.165) is 19.3 Å². The average molecular weight is 180 g/mol. The van der Waals surface area contributed by atoms with E-state index in [2.05, 4.69) is 6.92 Å². The standard InChI is InChI=1S/C9H17FO.FH/c1-2-3-4-5-6-7-8-9(10)11;/h2-8H2,1H3;1H. The van der Waals surface area contributed by atoms with Crippen LogP contribution in [0, 0.1) is 0 Å². The Balaban J connectivity index is 0. The maximum Gasteiger partial charge on any atom is 0.301 e. The van der Waals surface area contributed by atoms with Crippen molar-refractivity contribution in [1.82, 2.24) is 0 Å². The first-order valence-corrected chi connectivity index (χ1v) is 4.45. The second-order valence-electron chi connectivity index (χ2n) is 2.87. The minimum absolute atomic E-state index is 0. The maximum atomic E-state index is 11.6. The van der Waals surface area contributed by atoms with E-state index in [1.165, 1.54) is 19.3 Å². The van der Waals surface area contributed by atoms with Gasteiger partial charge in [-0.1, -0.05) is 39.0 Å². The molecule has 0 aliphatic heterocycles. The minimum atomic E-state index is -1.17. The molecular formula is C9H18F2O. The van der Waals surface area contributed by atoms with Crippen LogP contribution in [0.3, 0.4) is 0 Å². The molecule has 0 aromatic heterocycles. The fourth-order valence-corrected chi connectivity index (χ4v) is 1.04. The third kappa shape index (κ3) is 12.2. The van der Waals surface area contributed by atoms with Gasteiger partial charge in [0.05, 0.1) is 0 Å². The number of halogens is 2. The van der Waals surface area contributed by atoms with Crippen molar-refractivity contribution >= 4 is 6.04 Å². The van der Waals surface area contributed by atoms with E-state index in [0.29, 0.717) is 0 Å². The zero-order valence-electron chi connectivity index (χ0n) is 7.64. The first kappa shape index (κ1) is 14.1. The summed E-state index contributed by atoms with van der Waals surface area (Å²) >= 11 is 0. The molecule has 0 unspecified atom stereocenters. The van der Waals surface area contributed by atoms with Crippen molar-refractivity contribution in [2.75, 3.05) is 0 Å². The lowest BCUT2D eigenvalue weighted by Crippen LogP contribution is -1.87. The van der Waals surface area contributed by atoms with E-state index in [4.69, 9.17) is 0 Å². The normalized spacial score (nSPS) is 9.17. The van der Waals surface area contributed by atoms with Crippen molar-refractivity contribution in [3.05, 3.63) is 0 Å². The molecule has 0 amide bonds. The molecule has 0 aliphatic rings. The highest BCUT2D eigenvalue weighted by atomic mass is 19.1. The largest absolute Gasteiger partial charge is 0.301 e.